The summed E-state index contributed by atoms with van der Waals surface area (Å²) < 4.78 is 0.995. The highest BCUT2D eigenvalue weighted by Gasteiger charge is 2.29. The number of amides is 2. The number of fused-ring (bicyclic) bond motifs is 2. The number of H-pyrrole nitrogens is 1. The number of anilines is 2. The Hall–Kier alpha value is -5.67. The summed E-state index contributed by atoms with van der Waals surface area (Å²) >= 11 is 0.952. The highest BCUT2D eigenvalue weighted by atomic mass is 32.1. The number of allylic oxidation sites excluding steroid dienone is 1. The van der Waals surface area contributed by atoms with Gasteiger partial charge in [-0.2, -0.15) is 5.26 Å². The van der Waals surface area contributed by atoms with Crippen molar-refractivity contribution in [2.24, 2.45) is 0 Å². The van der Waals surface area contributed by atoms with Crippen LogP contribution in [0.25, 0.3) is 27.7 Å². The second kappa shape index (κ2) is 9.33. The van der Waals surface area contributed by atoms with Crippen LogP contribution < -0.4 is 21.9 Å². The number of aromatic nitrogens is 4. The molecular formula is C27H15N7O4S. The third-order valence-corrected chi connectivity index (χ3v) is 6.94. The van der Waals surface area contributed by atoms with Crippen molar-refractivity contribution in [3.05, 3.63) is 110 Å². The molecule has 188 valence electrons. The molecule has 0 unspecified atom stereocenters. The monoisotopic (exact) mass is 533 g/mol. The SMILES string of the molecule is N#C/C(=C1/C(=O)Nc2ccccc21)c1nnc(NC(=O)c2ccc(-n3c(=O)[nH]c4ccccc4c3=O)cc2)s1. The van der Waals surface area contributed by atoms with Crippen LogP contribution in [0.4, 0.5) is 10.8 Å². The van der Waals surface area contributed by atoms with Crippen LogP contribution in [0, 0.1) is 11.3 Å². The normalized spacial score (nSPS) is 13.5. The fourth-order valence-electron chi connectivity index (χ4n) is 4.28. The van der Waals surface area contributed by atoms with Crippen molar-refractivity contribution in [1.29, 1.82) is 5.26 Å². The van der Waals surface area contributed by atoms with Crippen LogP contribution >= 0.6 is 11.3 Å². The third-order valence-electron chi connectivity index (χ3n) is 6.09. The molecule has 1 aliphatic heterocycles. The molecule has 1 aliphatic rings. The van der Waals surface area contributed by atoms with E-state index in [1.807, 2.05) is 6.07 Å². The minimum absolute atomic E-state index is 0.0471. The maximum absolute atomic E-state index is 12.9. The number of carbonyl (C=O) groups excluding carboxylic acids is 2. The van der Waals surface area contributed by atoms with Gasteiger partial charge in [0.2, 0.25) is 5.13 Å². The zero-order valence-corrected chi connectivity index (χ0v) is 20.6. The fourth-order valence-corrected chi connectivity index (χ4v) is 5.02. The summed E-state index contributed by atoms with van der Waals surface area (Å²) in [5.74, 6) is -0.933. The Morgan fingerprint density at radius 3 is 2.49 bits per heavy atom. The second-order valence-electron chi connectivity index (χ2n) is 8.39. The molecule has 3 aromatic carbocycles. The third kappa shape index (κ3) is 4.08. The van der Waals surface area contributed by atoms with Gasteiger partial charge in [-0.05, 0) is 42.5 Å². The van der Waals surface area contributed by atoms with Gasteiger partial charge in [-0.1, -0.05) is 41.7 Å². The fraction of sp³-hybridized carbons (Fsp3) is 0. The van der Waals surface area contributed by atoms with E-state index in [1.54, 1.807) is 48.5 Å². The van der Waals surface area contributed by atoms with Crippen molar-refractivity contribution in [3.8, 4) is 11.8 Å². The van der Waals surface area contributed by atoms with Gasteiger partial charge >= 0.3 is 5.69 Å². The standard InChI is InChI=1S/C27H15N7O4S/c28-13-18(21-16-5-1-3-7-19(16)29-23(21)36)24-32-33-26(39-24)31-22(35)14-9-11-15(12-10-14)34-25(37)17-6-2-4-8-20(17)30-27(34)38/h1-12H,(H,29,36)(H,30,38)(H,31,33,35)/b21-18-. The predicted molar refractivity (Wildman–Crippen MR) is 146 cm³/mol. The van der Waals surface area contributed by atoms with E-state index in [1.165, 1.54) is 24.3 Å². The summed E-state index contributed by atoms with van der Waals surface area (Å²) in [5.41, 5.74) is 1.31. The molecule has 6 rings (SSSR count). The number of nitrogens with one attached hydrogen (secondary N) is 3. The number of para-hydroxylation sites is 2. The van der Waals surface area contributed by atoms with Gasteiger partial charge in [0.05, 0.1) is 22.2 Å². The first-order chi connectivity index (χ1) is 18.9. The second-order valence-corrected chi connectivity index (χ2v) is 9.37. The number of rotatable bonds is 4. The summed E-state index contributed by atoms with van der Waals surface area (Å²) in [4.78, 5) is 53.5. The molecule has 0 radical (unpaired) electrons. The molecule has 2 aromatic heterocycles. The lowest BCUT2D eigenvalue weighted by Crippen LogP contribution is -2.33. The lowest BCUT2D eigenvalue weighted by atomic mass is 10.0. The molecule has 2 amide bonds. The van der Waals surface area contributed by atoms with Crippen LogP contribution in [0.1, 0.15) is 20.9 Å². The quantitative estimate of drug-likeness (QED) is 0.236. The highest BCUT2D eigenvalue weighted by Crippen LogP contribution is 2.37. The first kappa shape index (κ1) is 23.7. The Balaban J connectivity index is 1.26. The smallest absolute Gasteiger partial charge is 0.321 e. The largest absolute Gasteiger partial charge is 0.333 e. The Morgan fingerprint density at radius 1 is 0.949 bits per heavy atom. The van der Waals surface area contributed by atoms with Crippen LogP contribution in [0.3, 0.4) is 0 Å². The molecule has 0 saturated heterocycles. The lowest BCUT2D eigenvalue weighted by Gasteiger charge is -2.07. The molecule has 0 bridgehead atoms. The molecule has 5 aromatic rings. The number of nitrogens with zero attached hydrogens (tertiary/aromatic N) is 4. The van der Waals surface area contributed by atoms with E-state index in [2.05, 4.69) is 25.8 Å². The van der Waals surface area contributed by atoms with Gasteiger partial charge in [0.1, 0.15) is 11.6 Å². The van der Waals surface area contributed by atoms with Gasteiger partial charge in [0.25, 0.3) is 17.4 Å². The molecule has 12 heteroatoms. The van der Waals surface area contributed by atoms with E-state index in [0.29, 0.717) is 27.8 Å². The van der Waals surface area contributed by atoms with Gasteiger partial charge in [0.15, 0.2) is 5.01 Å². The number of nitriles is 1. The topological polar surface area (TPSA) is 163 Å². The van der Waals surface area contributed by atoms with Crippen molar-refractivity contribution in [1.82, 2.24) is 19.7 Å². The summed E-state index contributed by atoms with van der Waals surface area (Å²) in [6.07, 6.45) is 0. The van der Waals surface area contributed by atoms with E-state index in [4.69, 9.17) is 0 Å². The molecular weight excluding hydrogens is 518 g/mol. The molecule has 39 heavy (non-hydrogen) atoms. The summed E-state index contributed by atoms with van der Waals surface area (Å²) in [6.45, 7) is 0. The van der Waals surface area contributed by atoms with Crippen LogP contribution in [0.2, 0.25) is 0 Å². The van der Waals surface area contributed by atoms with Gasteiger partial charge < -0.3 is 10.3 Å². The van der Waals surface area contributed by atoms with Gasteiger partial charge in [0, 0.05) is 16.8 Å². The molecule has 0 saturated carbocycles. The van der Waals surface area contributed by atoms with E-state index in [9.17, 15) is 24.4 Å². The van der Waals surface area contributed by atoms with E-state index in [-0.39, 0.29) is 26.8 Å². The summed E-state index contributed by atoms with van der Waals surface area (Å²) in [7, 11) is 0. The van der Waals surface area contributed by atoms with Crippen LogP contribution in [0.15, 0.2) is 82.4 Å². The zero-order chi connectivity index (χ0) is 27.1. The molecule has 11 nitrogen and oxygen atoms in total. The average molecular weight is 534 g/mol. The number of carbonyl (C=O) groups is 2. The van der Waals surface area contributed by atoms with Crippen LogP contribution in [-0.4, -0.2) is 31.6 Å². The molecule has 0 aliphatic carbocycles. The van der Waals surface area contributed by atoms with Gasteiger partial charge in [-0.25, -0.2) is 9.36 Å². The molecule has 3 heterocycles. The highest BCUT2D eigenvalue weighted by molar-refractivity contribution is 7.16. The number of hydrogen-bond donors (Lipinski definition) is 3. The Morgan fingerprint density at radius 2 is 1.69 bits per heavy atom. The van der Waals surface area contributed by atoms with Gasteiger partial charge in [-0.15, -0.1) is 10.2 Å². The van der Waals surface area contributed by atoms with Crippen molar-refractivity contribution >= 4 is 56.0 Å². The maximum Gasteiger partial charge on any atom is 0.333 e. The lowest BCUT2D eigenvalue weighted by molar-refractivity contribution is -0.110. The number of aromatic amines is 1. The molecule has 0 fully saturated rings. The molecule has 0 atom stereocenters. The Bertz CT molecular complexity index is 2010. The predicted octanol–water partition coefficient (Wildman–Crippen LogP) is 3.17. The minimum atomic E-state index is -0.599. The van der Waals surface area contributed by atoms with E-state index < -0.39 is 23.1 Å². The zero-order valence-electron chi connectivity index (χ0n) is 19.8. The van der Waals surface area contributed by atoms with E-state index in [0.717, 1.165) is 15.9 Å². The van der Waals surface area contributed by atoms with Crippen molar-refractivity contribution in [2.45, 2.75) is 0 Å². The first-order valence-corrected chi connectivity index (χ1v) is 12.3. The van der Waals surface area contributed by atoms with Crippen LogP contribution in [0.5, 0.6) is 0 Å². The van der Waals surface area contributed by atoms with E-state index >= 15 is 0 Å². The van der Waals surface area contributed by atoms with Gasteiger partial charge in [-0.3, -0.25) is 19.7 Å². The average Bonchev–Trinajstić information content (AvgIpc) is 3.53. The maximum atomic E-state index is 12.9. The Kier molecular flexibility index (Phi) is 5.67. The summed E-state index contributed by atoms with van der Waals surface area (Å²) in [6, 6.07) is 21.6. The molecule has 0 spiro atoms. The summed E-state index contributed by atoms with van der Waals surface area (Å²) in [5, 5.41) is 23.7. The number of hydrogen-bond acceptors (Lipinski definition) is 8. The first-order valence-electron chi connectivity index (χ1n) is 11.5. The minimum Gasteiger partial charge on any atom is -0.321 e. The van der Waals surface area contributed by atoms with Crippen molar-refractivity contribution in [3.63, 3.8) is 0 Å². The van der Waals surface area contributed by atoms with Crippen molar-refractivity contribution in [2.75, 3.05) is 10.6 Å². The van der Waals surface area contributed by atoms with Crippen LogP contribution in [-0.2, 0) is 4.79 Å². The number of benzene rings is 3. The van der Waals surface area contributed by atoms with Crippen molar-refractivity contribution < 1.29 is 9.59 Å². The molecule has 3 N–H and O–H groups in total. The Labute approximate surface area is 222 Å².